The highest BCUT2D eigenvalue weighted by Gasteiger charge is 2.36. The van der Waals surface area contributed by atoms with Gasteiger partial charge in [0.2, 0.25) is 0 Å². The van der Waals surface area contributed by atoms with Gasteiger partial charge < -0.3 is 14.0 Å². The first-order valence-electron chi connectivity index (χ1n) is 7.59. The van der Waals surface area contributed by atoms with Gasteiger partial charge in [-0.3, -0.25) is 0 Å². The summed E-state index contributed by atoms with van der Waals surface area (Å²) in [5.74, 6) is -0.577. The molecule has 2 heterocycles. The van der Waals surface area contributed by atoms with Crippen LogP contribution < -0.4 is 0 Å². The Morgan fingerprint density at radius 2 is 1.95 bits per heavy atom. The molecule has 0 radical (unpaired) electrons. The Balaban J connectivity index is 1.71. The summed E-state index contributed by atoms with van der Waals surface area (Å²) in [4.78, 5) is 4.07. The Labute approximate surface area is 125 Å². The second-order valence-corrected chi connectivity index (χ2v) is 5.57. The maximum atomic E-state index is 6.06. The molecule has 0 bridgehead atoms. The summed E-state index contributed by atoms with van der Waals surface area (Å²) in [5, 5.41) is 0. The van der Waals surface area contributed by atoms with Crippen LogP contribution in [0.15, 0.2) is 43.0 Å². The second-order valence-electron chi connectivity index (χ2n) is 5.57. The van der Waals surface area contributed by atoms with Crippen LogP contribution in [0.25, 0.3) is 0 Å². The molecule has 1 saturated heterocycles. The molecule has 4 nitrogen and oxygen atoms in total. The van der Waals surface area contributed by atoms with Gasteiger partial charge >= 0.3 is 0 Å². The fraction of sp³-hybridized carbons (Fsp3) is 0.471. The summed E-state index contributed by atoms with van der Waals surface area (Å²) in [6.45, 7) is 4.55. The summed E-state index contributed by atoms with van der Waals surface area (Å²) < 4.78 is 14.2. The third kappa shape index (κ3) is 3.34. The summed E-state index contributed by atoms with van der Waals surface area (Å²) in [6.07, 6.45) is 8.46. The van der Waals surface area contributed by atoms with Gasteiger partial charge in [0.1, 0.15) is 0 Å². The lowest BCUT2D eigenvalue weighted by Crippen LogP contribution is -2.38. The van der Waals surface area contributed by atoms with Gasteiger partial charge in [-0.2, -0.15) is 0 Å². The highest BCUT2D eigenvalue weighted by molar-refractivity contribution is 5.25. The molecule has 2 aromatic rings. The molecule has 0 aliphatic carbocycles. The fourth-order valence-corrected chi connectivity index (χ4v) is 2.75. The van der Waals surface area contributed by atoms with Gasteiger partial charge in [0, 0.05) is 30.9 Å². The maximum Gasteiger partial charge on any atom is 0.194 e. The van der Waals surface area contributed by atoms with Crippen molar-refractivity contribution in [2.45, 2.75) is 38.5 Å². The van der Waals surface area contributed by atoms with Crippen LogP contribution in [0.1, 0.15) is 30.4 Å². The number of hydrogen-bond donors (Lipinski definition) is 0. The number of imidazole rings is 1. The Morgan fingerprint density at radius 1 is 1.19 bits per heavy atom. The Bertz CT molecular complexity index is 543. The van der Waals surface area contributed by atoms with E-state index in [1.54, 1.807) is 0 Å². The van der Waals surface area contributed by atoms with Crippen LogP contribution in [0.4, 0.5) is 0 Å². The van der Waals surface area contributed by atoms with Gasteiger partial charge in [0.05, 0.1) is 19.5 Å². The Hall–Kier alpha value is -1.65. The predicted molar refractivity (Wildman–Crippen MR) is 80.8 cm³/mol. The molecule has 1 aromatic heterocycles. The molecule has 0 saturated carbocycles. The van der Waals surface area contributed by atoms with Crippen molar-refractivity contribution in [3.05, 3.63) is 54.1 Å². The number of rotatable bonds is 5. The largest absolute Gasteiger partial charge is 0.346 e. The monoisotopic (exact) mass is 286 g/mol. The first kappa shape index (κ1) is 14.3. The number of ether oxygens (including phenoxy) is 2. The molecule has 21 heavy (non-hydrogen) atoms. The van der Waals surface area contributed by atoms with Crippen LogP contribution in [-0.4, -0.2) is 22.8 Å². The average Bonchev–Trinajstić information content (AvgIpc) is 3.02. The van der Waals surface area contributed by atoms with Crippen molar-refractivity contribution >= 4 is 0 Å². The third-order valence-corrected chi connectivity index (χ3v) is 3.93. The minimum absolute atomic E-state index is 0.577. The first-order valence-corrected chi connectivity index (χ1v) is 7.59. The van der Waals surface area contributed by atoms with Crippen molar-refractivity contribution in [1.82, 2.24) is 9.55 Å². The molecule has 0 unspecified atom stereocenters. The summed E-state index contributed by atoms with van der Waals surface area (Å²) in [5.41, 5.74) is 2.38. The van der Waals surface area contributed by atoms with Gasteiger partial charge in [0.25, 0.3) is 0 Å². The molecule has 0 spiro atoms. The molecule has 112 valence electrons. The molecule has 1 aliphatic rings. The molecular formula is C17H22N2O2. The van der Waals surface area contributed by atoms with E-state index in [0.29, 0.717) is 0 Å². The zero-order chi connectivity index (χ0) is 14.5. The highest BCUT2D eigenvalue weighted by atomic mass is 16.7. The van der Waals surface area contributed by atoms with E-state index in [1.807, 2.05) is 18.7 Å². The molecule has 1 aromatic carbocycles. The minimum Gasteiger partial charge on any atom is -0.346 e. The number of benzene rings is 1. The summed E-state index contributed by atoms with van der Waals surface area (Å²) in [6, 6.07) is 8.48. The van der Waals surface area contributed by atoms with Crippen molar-refractivity contribution in [3.8, 4) is 0 Å². The first-order chi connectivity index (χ1) is 10.3. The lowest BCUT2D eigenvalue weighted by molar-refractivity contribution is -0.280. The van der Waals surface area contributed by atoms with Crippen LogP contribution in [0.2, 0.25) is 0 Å². The quantitative estimate of drug-likeness (QED) is 0.846. The van der Waals surface area contributed by atoms with Crippen molar-refractivity contribution < 1.29 is 9.47 Å². The minimum atomic E-state index is -0.577. The summed E-state index contributed by atoms with van der Waals surface area (Å²) >= 11 is 0. The van der Waals surface area contributed by atoms with Gasteiger partial charge in [-0.1, -0.05) is 29.8 Å². The van der Waals surface area contributed by atoms with E-state index in [0.717, 1.165) is 44.6 Å². The van der Waals surface area contributed by atoms with Crippen molar-refractivity contribution in [2.75, 3.05) is 13.2 Å². The second kappa shape index (κ2) is 6.41. The summed E-state index contributed by atoms with van der Waals surface area (Å²) in [7, 11) is 0. The average molecular weight is 286 g/mol. The normalized spacial score (nSPS) is 17.8. The molecule has 1 fully saturated rings. The van der Waals surface area contributed by atoms with Crippen LogP contribution in [-0.2, 0) is 21.8 Å². The van der Waals surface area contributed by atoms with Crippen LogP contribution in [0.5, 0.6) is 0 Å². The molecule has 0 amide bonds. The zero-order valence-electron chi connectivity index (χ0n) is 12.5. The smallest absolute Gasteiger partial charge is 0.194 e. The SMILES string of the molecule is Cc1ccc(C2(CCCn3ccnc3)OCCCO2)cc1. The molecule has 4 heteroatoms. The van der Waals surface area contributed by atoms with Crippen molar-refractivity contribution in [3.63, 3.8) is 0 Å². The number of nitrogens with zero attached hydrogens (tertiary/aromatic N) is 2. The van der Waals surface area contributed by atoms with Crippen molar-refractivity contribution in [1.29, 1.82) is 0 Å². The molecule has 0 N–H and O–H groups in total. The van der Waals surface area contributed by atoms with E-state index in [-0.39, 0.29) is 0 Å². The van der Waals surface area contributed by atoms with E-state index >= 15 is 0 Å². The van der Waals surface area contributed by atoms with Gasteiger partial charge in [0.15, 0.2) is 5.79 Å². The lowest BCUT2D eigenvalue weighted by atomic mass is 9.98. The third-order valence-electron chi connectivity index (χ3n) is 3.93. The van der Waals surface area contributed by atoms with Crippen molar-refractivity contribution in [2.24, 2.45) is 0 Å². The zero-order valence-corrected chi connectivity index (χ0v) is 12.5. The van der Waals surface area contributed by atoms with Crippen LogP contribution in [0, 0.1) is 6.92 Å². The molecule has 1 aliphatic heterocycles. The van der Waals surface area contributed by atoms with E-state index < -0.39 is 5.79 Å². The van der Waals surface area contributed by atoms with Crippen LogP contribution >= 0.6 is 0 Å². The highest BCUT2D eigenvalue weighted by Crippen LogP contribution is 2.35. The standard InChI is InChI=1S/C17H22N2O2/c1-15-4-6-16(7-5-15)17(20-12-3-13-21-17)8-2-10-19-11-9-18-14-19/h4-7,9,11,14H,2-3,8,10,12-13H2,1H3. The van der Waals surface area contributed by atoms with E-state index in [1.165, 1.54) is 5.56 Å². The maximum absolute atomic E-state index is 6.06. The number of hydrogen-bond acceptors (Lipinski definition) is 3. The van der Waals surface area contributed by atoms with Gasteiger partial charge in [-0.25, -0.2) is 4.98 Å². The molecule has 3 rings (SSSR count). The fourth-order valence-electron chi connectivity index (χ4n) is 2.75. The van der Waals surface area contributed by atoms with Gasteiger partial charge in [-0.05, 0) is 19.8 Å². The predicted octanol–water partition coefficient (Wildman–Crippen LogP) is 3.26. The van der Waals surface area contributed by atoms with E-state index in [9.17, 15) is 0 Å². The lowest BCUT2D eigenvalue weighted by Gasteiger charge is -2.38. The Morgan fingerprint density at radius 3 is 2.62 bits per heavy atom. The number of aryl methyl sites for hydroxylation is 2. The Kier molecular flexibility index (Phi) is 4.36. The molecular weight excluding hydrogens is 264 g/mol. The van der Waals surface area contributed by atoms with Crippen LogP contribution in [0.3, 0.4) is 0 Å². The van der Waals surface area contributed by atoms with Gasteiger partial charge in [-0.15, -0.1) is 0 Å². The topological polar surface area (TPSA) is 36.3 Å². The van der Waals surface area contributed by atoms with E-state index in [2.05, 4.69) is 40.7 Å². The molecule has 0 atom stereocenters. The number of aromatic nitrogens is 2. The van der Waals surface area contributed by atoms with E-state index in [4.69, 9.17) is 9.47 Å².